The molecule has 0 aromatic heterocycles. The number of hydrogen-bond donors (Lipinski definition) is 0. The number of likely N-dealkylation sites (N-methyl/N-ethyl adjacent to an activating group) is 1. The normalized spacial score (nSPS) is 26.8. The van der Waals surface area contributed by atoms with Crippen molar-refractivity contribution in [2.24, 2.45) is 17.8 Å². The highest BCUT2D eigenvalue weighted by molar-refractivity contribution is 6.24. The van der Waals surface area contributed by atoms with Crippen LogP contribution in [0.25, 0.3) is 21.9 Å². The molecular formula is C26H20N2O3. The Hall–Kier alpha value is -3.73. The van der Waals surface area contributed by atoms with Gasteiger partial charge in [-0.2, -0.15) is 0 Å². The van der Waals surface area contributed by atoms with Crippen LogP contribution in [0.4, 0.5) is 5.69 Å². The predicted molar refractivity (Wildman–Crippen MR) is 118 cm³/mol. The van der Waals surface area contributed by atoms with Gasteiger partial charge in [0.1, 0.15) is 0 Å². The molecule has 1 aliphatic carbocycles. The Balaban J connectivity index is 1.37. The van der Waals surface area contributed by atoms with E-state index in [9.17, 15) is 14.4 Å². The second-order valence-electron chi connectivity index (χ2n) is 8.49. The molecule has 0 saturated carbocycles. The highest BCUT2D eigenvalue weighted by atomic mass is 16.2. The average molecular weight is 408 g/mol. The third kappa shape index (κ3) is 2.40. The number of carbonyl (C=O) groups excluding carboxylic acids is 3. The molecule has 0 N–H and O–H groups in total. The van der Waals surface area contributed by atoms with Crippen LogP contribution in [0.5, 0.6) is 0 Å². The summed E-state index contributed by atoms with van der Waals surface area (Å²) in [7, 11) is 1.71. The summed E-state index contributed by atoms with van der Waals surface area (Å²) in [6.45, 7) is 0. The summed E-state index contributed by atoms with van der Waals surface area (Å²) in [4.78, 5) is 41.9. The average Bonchev–Trinajstić information content (AvgIpc) is 3.08. The molecule has 3 aliphatic heterocycles. The predicted octanol–water partition coefficient (Wildman–Crippen LogP) is 3.64. The van der Waals surface area contributed by atoms with Gasteiger partial charge in [-0.25, -0.2) is 4.90 Å². The van der Waals surface area contributed by atoms with Crippen molar-refractivity contribution in [1.82, 2.24) is 4.90 Å². The lowest BCUT2D eigenvalue weighted by Crippen LogP contribution is -2.57. The molecule has 7 rings (SSSR count). The van der Waals surface area contributed by atoms with Gasteiger partial charge < -0.3 is 4.90 Å². The molecule has 3 aromatic carbocycles. The number of benzene rings is 3. The third-order valence-corrected chi connectivity index (χ3v) is 6.97. The first-order chi connectivity index (χ1) is 15.1. The molecule has 2 bridgehead atoms. The first-order valence-electron chi connectivity index (χ1n) is 10.5. The summed E-state index contributed by atoms with van der Waals surface area (Å²) in [6.07, 6.45) is 3.69. The molecular weight excluding hydrogens is 388 g/mol. The van der Waals surface area contributed by atoms with E-state index in [1.54, 1.807) is 18.0 Å². The van der Waals surface area contributed by atoms with Gasteiger partial charge in [0.15, 0.2) is 0 Å². The molecule has 3 amide bonds. The van der Waals surface area contributed by atoms with Gasteiger partial charge in [-0.05, 0) is 34.0 Å². The fourth-order valence-corrected chi connectivity index (χ4v) is 5.43. The van der Waals surface area contributed by atoms with E-state index < -0.39 is 17.8 Å². The van der Waals surface area contributed by atoms with Crippen molar-refractivity contribution in [3.05, 3.63) is 78.9 Å². The largest absolute Gasteiger partial charge is 0.338 e. The number of hydrogen-bond acceptors (Lipinski definition) is 3. The number of anilines is 1. The molecule has 31 heavy (non-hydrogen) atoms. The van der Waals surface area contributed by atoms with E-state index in [1.807, 2.05) is 48.5 Å². The van der Waals surface area contributed by atoms with Crippen LogP contribution in [-0.4, -0.2) is 35.7 Å². The third-order valence-electron chi connectivity index (χ3n) is 6.97. The molecule has 4 aliphatic rings. The zero-order chi connectivity index (χ0) is 21.3. The second-order valence-corrected chi connectivity index (χ2v) is 8.49. The zero-order valence-corrected chi connectivity index (χ0v) is 16.9. The second kappa shape index (κ2) is 6.38. The van der Waals surface area contributed by atoms with Crippen LogP contribution in [0.3, 0.4) is 0 Å². The molecule has 5 heteroatoms. The molecule has 0 spiro atoms. The van der Waals surface area contributed by atoms with E-state index in [2.05, 4.69) is 24.3 Å². The van der Waals surface area contributed by atoms with Crippen molar-refractivity contribution in [3.8, 4) is 11.1 Å². The van der Waals surface area contributed by atoms with Crippen LogP contribution in [-0.2, 0) is 14.4 Å². The van der Waals surface area contributed by atoms with E-state index in [0.717, 1.165) is 21.9 Å². The standard InChI is InChI=1S/C26H20N2O3/c1-27-21-14-13-20(24(27)29)22-23(21)26(31)28(25(22)30)17-11-9-16(10-12-17)19-8-4-6-15-5-2-3-7-18(15)19/h2-14,20-23H,1H3/t20-,21-,22-,23+/m0/s1. The maximum absolute atomic E-state index is 13.3. The van der Waals surface area contributed by atoms with E-state index in [0.29, 0.717) is 5.69 Å². The molecule has 2 saturated heterocycles. The van der Waals surface area contributed by atoms with Crippen molar-refractivity contribution in [3.63, 3.8) is 0 Å². The van der Waals surface area contributed by atoms with Crippen molar-refractivity contribution < 1.29 is 14.4 Å². The molecule has 3 aromatic rings. The Kier molecular flexibility index (Phi) is 3.72. The molecule has 5 nitrogen and oxygen atoms in total. The summed E-state index contributed by atoms with van der Waals surface area (Å²) >= 11 is 0. The highest BCUT2D eigenvalue weighted by Crippen LogP contribution is 2.46. The SMILES string of the molecule is CN1C(=O)[C@H]2C=C[C@H]1[C@H]1C(=O)N(c3ccc(-c4cccc5ccccc45)cc3)C(=O)[C@H]12. The first kappa shape index (κ1) is 18.1. The van der Waals surface area contributed by atoms with Crippen molar-refractivity contribution in [2.45, 2.75) is 6.04 Å². The summed E-state index contributed by atoms with van der Waals surface area (Å²) in [5.41, 5.74) is 2.68. The molecule has 2 fully saturated rings. The van der Waals surface area contributed by atoms with Gasteiger partial charge in [0.25, 0.3) is 0 Å². The van der Waals surface area contributed by atoms with Gasteiger partial charge in [0.2, 0.25) is 17.7 Å². The highest BCUT2D eigenvalue weighted by Gasteiger charge is 2.61. The van der Waals surface area contributed by atoms with E-state index >= 15 is 0 Å². The minimum Gasteiger partial charge on any atom is -0.338 e. The lowest BCUT2D eigenvalue weighted by molar-refractivity contribution is -0.148. The quantitative estimate of drug-likeness (QED) is 0.481. The Morgan fingerprint density at radius 2 is 1.42 bits per heavy atom. The van der Waals surface area contributed by atoms with Crippen molar-refractivity contribution in [1.29, 1.82) is 0 Å². The maximum Gasteiger partial charge on any atom is 0.240 e. The van der Waals surface area contributed by atoms with Gasteiger partial charge in [-0.3, -0.25) is 14.4 Å². The maximum atomic E-state index is 13.3. The monoisotopic (exact) mass is 408 g/mol. The summed E-state index contributed by atoms with van der Waals surface area (Å²) in [5, 5.41) is 2.32. The number of rotatable bonds is 2. The fourth-order valence-electron chi connectivity index (χ4n) is 5.43. The van der Waals surface area contributed by atoms with Gasteiger partial charge in [0, 0.05) is 7.05 Å². The van der Waals surface area contributed by atoms with Gasteiger partial charge in [-0.1, -0.05) is 66.7 Å². The smallest absolute Gasteiger partial charge is 0.240 e. The number of imide groups is 1. The fraction of sp³-hybridized carbons (Fsp3) is 0.192. The van der Waals surface area contributed by atoms with Crippen LogP contribution >= 0.6 is 0 Å². The topological polar surface area (TPSA) is 57.7 Å². The number of piperidine rings is 1. The van der Waals surface area contributed by atoms with Gasteiger partial charge >= 0.3 is 0 Å². The van der Waals surface area contributed by atoms with Crippen molar-refractivity contribution >= 4 is 34.2 Å². The zero-order valence-electron chi connectivity index (χ0n) is 16.9. The van der Waals surface area contributed by atoms with Gasteiger partial charge in [0.05, 0.1) is 29.5 Å². The Labute approximate surface area is 179 Å². The van der Waals surface area contributed by atoms with Crippen LogP contribution in [0.2, 0.25) is 0 Å². The van der Waals surface area contributed by atoms with E-state index in [-0.39, 0.29) is 23.8 Å². The summed E-state index contributed by atoms with van der Waals surface area (Å²) in [6, 6.07) is 21.6. The Bertz CT molecular complexity index is 1290. The first-order valence-corrected chi connectivity index (χ1v) is 10.5. The molecule has 0 radical (unpaired) electrons. The Morgan fingerprint density at radius 3 is 2.23 bits per heavy atom. The number of amides is 3. The van der Waals surface area contributed by atoms with Gasteiger partial charge in [-0.15, -0.1) is 0 Å². The summed E-state index contributed by atoms with van der Waals surface area (Å²) < 4.78 is 0. The van der Waals surface area contributed by atoms with Crippen LogP contribution in [0, 0.1) is 17.8 Å². The number of nitrogens with zero attached hydrogens (tertiary/aromatic N) is 2. The number of carbonyl (C=O) groups is 3. The Morgan fingerprint density at radius 1 is 0.710 bits per heavy atom. The van der Waals surface area contributed by atoms with E-state index in [1.165, 1.54) is 4.90 Å². The molecule has 152 valence electrons. The van der Waals surface area contributed by atoms with Crippen LogP contribution in [0.15, 0.2) is 78.9 Å². The van der Waals surface area contributed by atoms with Crippen LogP contribution < -0.4 is 4.90 Å². The molecule has 3 heterocycles. The molecule has 4 atom stereocenters. The minimum atomic E-state index is -0.594. The molecule has 0 unspecified atom stereocenters. The van der Waals surface area contributed by atoms with Crippen molar-refractivity contribution in [2.75, 3.05) is 11.9 Å². The minimum absolute atomic E-state index is 0.0805. The lowest BCUT2D eigenvalue weighted by atomic mass is 9.70. The van der Waals surface area contributed by atoms with Crippen LogP contribution in [0.1, 0.15) is 0 Å². The summed E-state index contributed by atoms with van der Waals surface area (Å²) in [5.74, 6) is -2.20. The number of fused-ring (bicyclic) bond motifs is 2. The lowest BCUT2D eigenvalue weighted by Gasteiger charge is -2.44. The van der Waals surface area contributed by atoms with E-state index in [4.69, 9.17) is 0 Å².